The van der Waals surface area contributed by atoms with E-state index in [1.54, 1.807) is 0 Å². The monoisotopic (exact) mass is 274 g/mol. The molecule has 2 amide bonds. The van der Waals surface area contributed by atoms with Crippen LogP contribution in [0.5, 0.6) is 0 Å². The molecule has 2 fully saturated rings. The van der Waals surface area contributed by atoms with Crippen molar-refractivity contribution >= 4 is 29.5 Å². The van der Waals surface area contributed by atoms with E-state index in [9.17, 15) is 14.4 Å². The van der Waals surface area contributed by atoms with Gasteiger partial charge in [-0.2, -0.15) is 0 Å². The number of rotatable bonds is 3. The highest BCUT2D eigenvalue weighted by Crippen LogP contribution is 2.16. The van der Waals surface area contributed by atoms with Gasteiger partial charge < -0.3 is 19.6 Å². The number of carboxylic acids is 1. The van der Waals surface area contributed by atoms with Gasteiger partial charge in [-0.15, -0.1) is 11.8 Å². The van der Waals surface area contributed by atoms with E-state index in [1.165, 1.54) is 21.6 Å². The van der Waals surface area contributed by atoms with E-state index in [2.05, 4.69) is 0 Å². The normalized spacial score (nSPS) is 24.4. The van der Waals surface area contributed by atoms with Gasteiger partial charge in [0.2, 0.25) is 11.8 Å². The van der Waals surface area contributed by atoms with Crippen molar-refractivity contribution in [3.8, 4) is 0 Å². The van der Waals surface area contributed by atoms with Gasteiger partial charge in [0.05, 0.1) is 24.8 Å². The Hall–Kier alpha value is -1.28. The van der Waals surface area contributed by atoms with E-state index in [1.807, 2.05) is 0 Å². The molecule has 2 heterocycles. The van der Waals surface area contributed by atoms with Gasteiger partial charge in [-0.05, 0) is 0 Å². The molecule has 2 rings (SSSR count). The van der Waals surface area contributed by atoms with Gasteiger partial charge in [0, 0.05) is 6.54 Å². The average molecular weight is 274 g/mol. The minimum absolute atomic E-state index is 0.00374. The van der Waals surface area contributed by atoms with Crippen molar-refractivity contribution in [3.63, 3.8) is 0 Å². The van der Waals surface area contributed by atoms with Crippen molar-refractivity contribution in [1.82, 2.24) is 9.80 Å². The molecule has 0 radical (unpaired) electrons. The third kappa shape index (κ3) is 2.75. The van der Waals surface area contributed by atoms with E-state index in [4.69, 9.17) is 9.84 Å². The van der Waals surface area contributed by atoms with Crippen molar-refractivity contribution in [2.24, 2.45) is 0 Å². The van der Waals surface area contributed by atoms with Crippen molar-refractivity contribution in [3.05, 3.63) is 0 Å². The summed E-state index contributed by atoms with van der Waals surface area (Å²) < 4.78 is 5.06. The van der Waals surface area contributed by atoms with Crippen LogP contribution in [0, 0.1) is 0 Å². The molecule has 0 saturated carbocycles. The molecule has 0 aromatic rings. The summed E-state index contributed by atoms with van der Waals surface area (Å²) in [6.45, 7) is 0.544. The second kappa shape index (κ2) is 5.57. The lowest BCUT2D eigenvalue weighted by atomic mass is 10.2. The Kier molecular flexibility index (Phi) is 4.07. The molecule has 0 unspecified atom stereocenters. The fourth-order valence-corrected chi connectivity index (χ4v) is 2.81. The smallest absolute Gasteiger partial charge is 0.328 e. The largest absolute Gasteiger partial charge is 0.480 e. The molecule has 7 nitrogen and oxygen atoms in total. The Labute approximate surface area is 108 Å². The van der Waals surface area contributed by atoms with Crippen LogP contribution in [0.15, 0.2) is 0 Å². The quantitative estimate of drug-likeness (QED) is 0.698. The number of amides is 2. The summed E-state index contributed by atoms with van der Waals surface area (Å²) in [5.74, 6) is -0.606. The Morgan fingerprint density at radius 3 is 2.89 bits per heavy atom. The lowest BCUT2D eigenvalue weighted by Crippen LogP contribution is -2.55. The standard InChI is InChI=1S/C10H14N2O5S/c13-8(3-11-6-18-5-9(11)14)12-1-2-17-4-7(12)10(15)16/h7H,1-6H2,(H,15,16)/t7-/m0/s1. The predicted octanol–water partition coefficient (Wildman–Crippen LogP) is -1.17. The Morgan fingerprint density at radius 1 is 1.50 bits per heavy atom. The molecule has 2 aliphatic rings. The summed E-state index contributed by atoms with van der Waals surface area (Å²) in [7, 11) is 0. The van der Waals surface area contributed by atoms with Gasteiger partial charge in [-0.25, -0.2) is 4.79 Å². The summed E-state index contributed by atoms with van der Waals surface area (Å²) >= 11 is 1.45. The summed E-state index contributed by atoms with van der Waals surface area (Å²) in [5.41, 5.74) is 0. The zero-order valence-electron chi connectivity index (χ0n) is 9.70. The van der Waals surface area contributed by atoms with E-state index in [0.29, 0.717) is 18.2 Å². The van der Waals surface area contributed by atoms with E-state index < -0.39 is 12.0 Å². The highest BCUT2D eigenvalue weighted by atomic mass is 32.2. The number of nitrogens with zero attached hydrogens (tertiary/aromatic N) is 2. The van der Waals surface area contributed by atoms with Gasteiger partial charge in [-0.3, -0.25) is 9.59 Å². The first-order valence-electron chi connectivity index (χ1n) is 5.55. The molecule has 100 valence electrons. The third-order valence-electron chi connectivity index (χ3n) is 2.89. The summed E-state index contributed by atoms with van der Waals surface area (Å²) in [4.78, 5) is 37.2. The minimum Gasteiger partial charge on any atom is -0.480 e. The summed E-state index contributed by atoms with van der Waals surface area (Å²) in [6, 6.07) is -0.948. The molecule has 1 atom stereocenters. The number of hydrogen-bond acceptors (Lipinski definition) is 5. The van der Waals surface area contributed by atoms with Crippen LogP contribution in [0.25, 0.3) is 0 Å². The van der Waals surface area contributed by atoms with E-state index >= 15 is 0 Å². The molecular formula is C10H14N2O5S. The highest BCUT2D eigenvalue weighted by molar-refractivity contribution is 8.00. The van der Waals surface area contributed by atoms with Crippen LogP contribution >= 0.6 is 11.8 Å². The molecule has 18 heavy (non-hydrogen) atoms. The molecule has 0 aliphatic carbocycles. The Morgan fingerprint density at radius 2 is 2.28 bits per heavy atom. The second-order valence-electron chi connectivity index (χ2n) is 4.09. The molecular weight excluding hydrogens is 260 g/mol. The number of carboxylic acid groups (broad SMARTS) is 1. The van der Waals surface area contributed by atoms with Crippen molar-refractivity contribution in [2.75, 3.05) is 37.9 Å². The van der Waals surface area contributed by atoms with Crippen LogP contribution in [0.1, 0.15) is 0 Å². The maximum Gasteiger partial charge on any atom is 0.328 e. The maximum absolute atomic E-state index is 12.0. The first-order valence-corrected chi connectivity index (χ1v) is 6.70. The zero-order chi connectivity index (χ0) is 13.1. The first kappa shape index (κ1) is 13.2. The first-order chi connectivity index (χ1) is 8.59. The minimum atomic E-state index is -1.08. The number of hydrogen-bond donors (Lipinski definition) is 1. The topological polar surface area (TPSA) is 87.2 Å². The lowest BCUT2D eigenvalue weighted by Gasteiger charge is -2.33. The summed E-state index contributed by atoms with van der Waals surface area (Å²) in [5, 5.41) is 9.01. The molecule has 0 aromatic carbocycles. The van der Waals surface area contributed by atoms with Gasteiger partial charge in [0.25, 0.3) is 0 Å². The number of aliphatic carboxylic acids is 1. The maximum atomic E-state index is 12.0. The van der Waals surface area contributed by atoms with Gasteiger partial charge >= 0.3 is 5.97 Å². The fraction of sp³-hybridized carbons (Fsp3) is 0.700. The number of ether oxygens (including phenoxy) is 1. The van der Waals surface area contributed by atoms with Crippen molar-refractivity contribution < 1.29 is 24.2 Å². The molecule has 2 saturated heterocycles. The van der Waals surface area contributed by atoms with Crippen molar-refractivity contribution in [1.29, 1.82) is 0 Å². The molecule has 0 bridgehead atoms. The van der Waals surface area contributed by atoms with Crippen LogP contribution in [-0.2, 0) is 19.1 Å². The SMILES string of the molecule is O=C(O)[C@@H]1COCCN1C(=O)CN1CSCC1=O. The van der Waals surface area contributed by atoms with Crippen LogP contribution in [-0.4, -0.2) is 76.7 Å². The molecule has 8 heteroatoms. The lowest BCUT2D eigenvalue weighted by molar-refractivity contribution is -0.159. The van der Waals surface area contributed by atoms with E-state index in [-0.39, 0.29) is 31.5 Å². The fourth-order valence-electron chi connectivity index (χ4n) is 1.90. The van der Waals surface area contributed by atoms with Gasteiger partial charge in [0.1, 0.15) is 6.54 Å². The molecule has 1 N–H and O–H groups in total. The number of morpholine rings is 1. The molecule has 2 aliphatic heterocycles. The Balaban J connectivity index is 1.97. The molecule has 0 aromatic heterocycles. The van der Waals surface area contributed by atoms with Crippen LogP contribution in [0.3, 0.4) is 0 Å². The Bertz CT molecular complexity index is 375. The second-order valence-corrected chi connectivity index (χ2v) is 5.04. The number of carbonyl (C=O) groups excluding carboxylic acids is 2. The number of carbonyl (C=O) groups is 3. The molecule has 0 spiro atoms. The predicted molar refractivity (Wildman–Crippen MR) is 63.0 cm³/mol. The number of thioether (sulfide) groups is 1. The van der Waals surface area contributed by atoms with Gasteiger partial charge in [-0.1, -0.05) is 0 Å². The van der Waals surface area contributed by atoms with Crippen LogP contribution in [0.4, 0.5) is 0 Å². The van der Waals surface area contributed by atoms with Crippen molar-refractivity contribution in [2.45, 2.75) is 6.04 Å². The average Bonchev–Trinajstić information content (AvgIpc) is 2.75. The third-order valence-corrected chi connectivity index (χ3v) is 3.83. The summed E-state index contributed by atoms with van der Waals surface area (Å²) in [6.07, 6.45) is 0. The van der Waals surface area contributed by atoms with Gasteiger partial charge in [0.15, 0.2) is 6.04 Å². The van der Waals surface area contributed by atoms with Crippen LogP contribution < -0.4 is 0 Å². The zero-order valence-corrected chi connectivity index (χ0v) is 10.5. The van der Waals surface area contributed by atoms with E-state index in [0.717, 1.165) is 0 Å². The van der Waals surface area contributed by atoms with Crippen LogP contribution in [0.2, 0.25) is 0 Å². The highest BCUT2D eigenvalue weighted by Gasteiger charge is 2.34.